The van der Waals surface area contributed by atoms with E-state index in [9.17, 15) is 0 Å². The van der Waals surface area contributed by atoms with Crippen LogP contribution in [0.4, 0.5) is 0 Å². The molecule has 0 spiro atoms. The van der Waals surface area contributed by atoms with Gasteiger partial charge in [0.25, 0.3) is 0 Å². The molecule has 1 atom stereocenters. The quantitative estimate of drug-likeness (QED) is 0.786. The first kappa shape index (κ1) is 14.2. The summed E-state index contributed by atoms with van der Waals surface area (Å²) in [5.41, 5.74) is 4.28. The predicted molar refractivity (Wildman–Crippen MR) is 76.5 cm³/mol. The minimum atomic E-state index is 0.612. The summed E-state index contributed by atoms with van der Waals surface area (Å²) in [6.07, 6.45) is 2.40. The zero-order valence-electron chi connectivity index (χ0n) is 12.0. The zero-order chi connectivity index (χ0) is 12.8. The summed E-state index contributed by atoms with van der Waals surface area (Å²) in [6.45, 7) is 12.2. The number of nitrogens with one attached hydrogen (secondary N) is 1. The van der Waals surface area contributed by atoms with Gasteiger partial charge in [-0.1, -0.05) is 44.5 Å². The lowest BCUT2D eigenvalue weighted by Crippen LogP contribution is -2.32. The third-order valence-electron chi connectivity index (χ3n) is 3.22. The second-order valence-corrected chi connectivity index (χ2v) is 5.52. The van der Waals surface area contributed by atoms with E-state index in [0.29, 0.717) is 6.04 Å². The Hall–Kier alpha value is -0.820. The predicted octanol–water partition coefficient (Wildman–Crippen LogP) is 3.87. The van der Waals surface area contributed by atoms with Crippen LogP contribution in [0.5, 0.6) is 0 Å². The van der Waals surface area contributed by atoms with Gasteiger partial charge in [-0.2, -0.15) is 0 Å². The van der Waals surface area contributed by atoms with Crippen molar-refractivity contribution in [3.8, 4) is 0 Å². The van der Waals surface area contributed by atoms with Crippen LogP contribution in [0, 0.1) is 19.8 Å². The van der Waals surface area contributed by atoms with Crippen LogP contribution in [-0.2, 0) is 6.42 Å². The number of rotatable bonds is 6. The fourth-order valence-corrected chi connectivity index (χ4v) is 2.38. The fraction of sp³-hybridized carbons (Fsp3) is 0.625. The van der Waals surface area contributed by atoms with Crippen molar-refractivity contribution >= 4 is 0 Å². The minimum Gasteiger partial charge on any atom is -0.314 e. The van der Waals surface area contributed by atoms with E-state index >= 15 is 0 Å². The van der Waals surface area contributed by atoms with Gasteiger partial charge in [0.1, 0.15) is 0 Å². The van der Waals surface area contributed by atoms with Crippen molar-refractivity contribution in [3.63, 3.8) is 0 Å². The van der Waals surface area contributed by atoms with Crippen molar-refractivity contribution in [2.45, 2.75) is 53.5 Å². The van der Waals surface area contributed by atoms with Gasteiger partial charge < -0.3 is 5.32 Å². The maximum atomic E-state index is 3.61. The number of aryl methyl sites for hydroxylation is 2. The first-order chi connectivity index (χ1) is 8.02. The lowest BCUT2D eigenvalue weighted by atomic mass is 9.94. The van der Waals surface area contributed by atoms with E-state index in [0.717, 1.165) is 18.9 Å². The third kappa shape index (κ3) is 4.91. The number of hydrogen-bond donors (Lipinski definition) is 1. The lowest BCUT2D eigenvalue weighted by molar-refractivity contribution is 0.423. The highest BCUT2D eigenvalue weighted by Gasteiger charge is 2.11. The van der Waals surface area contributed by atoms with Crippen molar-refractivity contribution in [2.75, 3.05) is 6.54 Å². The van der Waals surface area contributed by atoms with Crippen molar-refractivity contribution in [2.24, 2.45) is 5.92 Å². The highest BCUT2D eigenvalue weighted by molar-refractivity contribution is 5.31. The molecule has 0 bridgehead atoms. The van der Waals surface area contributed by atoms with Gasteiger partial charge in [0, 0.05) is 6.04 Å². The first-order valence-electron chi connectivity index (χ1n) is 6.82. The molecular formula is C16H27N. The molecule has 1 aromatic rings. The second kappa shape index (κ2) is 6.80. The minimum absolute atomic E-state index is 0.612. The molecule has 0 heterocycles. The largest absolute Gasteiger partial charge is 0.314 e. The van der Waals surface area contributed by atoms with Gasteiger partial charge in [-0.15, -0.1) is 0 Å². The molecular weight excluding hydrogens is 206 g/mol. The molecule has 0 amide bonds. The van der Waals surface area contributed by atoms with E-state index in [2.05, 4.69) is 58.1 Å². The van der Waals surface area contributed by atoms with Crippen molar-refractivity contribution in [1.29, 1.82) is 0 Å². The van der Waals surface area contributed by atoms with Crippen LogP contribution < -0.4 is 5.32 Å². The molecule has 0 saturated heterocycles. The zero-order valence-corrected chi connectivity index (χ0v) is 12.0. The smallest absolute Gasteiger partial charge is 0.0110 e. The molecule has 96 valence electrons. The molecule has 1 rings (SSSR count). The summed E-state index contributed by atoms with van der Waals surface area (Å²) in [5, 5.41) is 3.61. The summed E-state index contributed by atoms with van der Waals surface area (Å²) in [4.78, 5) is 0. The Bertz CT molecular complexity index is 341. The van der Waals surface area contributed by atoms with E-state index in [4.69, 9.17) is 0 Å². The summed E-state index contributed by atoms with van der Waals surface area (Å²) in [5.74, 6) is 0.754. The molecule has 0 radical (unpaired) electrons. The van der Waals surface area contributed by atoms with Crippen molar-refractivity contribution in [1.82, 2.24) is 5.32 Å². The average molecular weight is 233 g/mol. The molecule has 0 aliphatic carbocycles. The Labute approximate surface area is 107 Å². The molecule has 1 nitrogen and oxygen atoms in total. The summed E-state index contributed by atoms with van der Waals surface area (Å²) < 4.78 is 0. The van der Waals surface area contributed by atoms with Crippen LogP contribution in [0.2, 0.25) is 0 Å². The Morgan fingerprint density at radius 1 is 1.18 bits per heavy atom. The third-order valence-corrected chi connectivity index (χ3v) is 3.22. The van der Waals surface area contributed by atoms with Gasteiger partial charge in [0.15, 0.2) is 0 Å². The number of hydrogen-bond acceptors (Lipinski definition) is 1. The second-order valence-electron chi connectivity index (χ2n) is 5.52. The maximum absolute atomic E-state index is 3.61. The Morgan fingerprint density at radius 2 is 1.88 bits per heavy atom. The summed E-state index contributed by atoms with van der Waals surface area (Å²) in [6, 6.07) is 7.38. The monoisotopic (exact) mass is 233 g/mol. The number of likely N-dealkylation sites (N-methyl/N-ethyl adjacent to an activating group) is 1. The van der Waals surface area contributed by atoms with Crippen LogP contribution in [0.15, 0.2) is 18.2 Å². The van der Waals surface area contributed by atoms with Gasteiger partial charge in [-0.3, -0.25) is 0 Å². The molecule has 0 saturated carbocycles. The standard InChI is InChI=1S/C16H27N/c1-6-17-16(9-12(2)3)11-15-10-13(4)7-8-14(15)5/h7-8,10,12,16-17H,6,9,11H2,1-5H3. The van der Waals surface area contributed by atoms with Gasteiger partial charge in [-0.25, -0.2) is 0 Å². The number of benzene rings is 1. The average Bonchev–Trinajstić information content (AvgIpc) is 2.23. The van der Waals surface area contributed by atoms with Gasteiger partial charge >= 0.3 is 0 Å². The summed E-state index contributed by atoms with van der Waals surface area (Å²) in [7, 11) is 0. The highest BCUT2D eigenvalue weighted by Crippen LogP contribution is 2.16. The Kier molecular flexibility index (Phi) is 5.70. The van der Waals surface area contributed by atoms with E-state index in [1.807, 2.05) is 0 Å². The molecule has 0 aliphatic heterocycles. The lowest BCUT2D eigenvalue weighted by Gasteiger charge is -2.21. The topological polar surface area (TPSA) is 12.0 Å². The molecule has 0 aromatic heterocycles. The molecule has 1 N–H and O–H groups in total. The molecule has 0 aliphatic rings. The molecule has 1 unspecified atom stereocenters. The van der Waals surface area contributed by atoms with Crippen LogP contribution in [0.3, 0.4) is 0 Å². The normalized spacial score (nSPS) is 13.1. The fourth-order valence-electron chi connectivity index (χ4n) is 2.38. The Balaban J connectivity index is 2.74. The summed E-state index contributed by atoms with van der Waals surface area (Å²) >= 11 is 0. The van der Waals surface area contributed by atoms with Gasteiger partial charge in [-0.05, 0) is 50.3 Å². The Morgan fingerprint density at radius 3 is 2.47 bits per heavy atom. The van der Waals surface area contributed by atoms with E-state index in [1.165, 1.54) is 23.1 Å². The van der Waals surface area contributed by atoms with Gasteiger partial charge in [0.05, 0.1) is 0 Å². The molecule has 0 fully saturated rings. The van der Waals surface area contributed by atoms with Crippen LogP contribution in [0.25, 0.3) is 0 Å². The SMILES string of the molecule is CCNC(Cc1cc(C)ccc1C)CC(C)C. The van der Waals surface area contributed by atoms with E-state index < -0.39 is 0 Å². The highest BCUT2D eigenvalue weighted by atomic mass is 14.9. The van der Waals surface area contributed by atoms with Gasteiger partial charge in [0.2, 0.25) is 0 Å². The van der Waals surface area contributed by atoms with Crippen molar-refractivity contribution < 1.29 is 0 Å². The van der Waals surface area contributed by atoms with Crippen LogP contribution in [-0.4, -0.2) is 12.6 Å². The molecule has 1 aromatic carbocycles. The maximum Gasteiger partial charge on any atom is 0.0110 e. The molecule has 17 heavy (non-hydrogen) atoms. The van der Waals surface area contributed by atoms with Crippen LogP contribution >= 0.6 is 0 Å². The van der Waals surface area contributed by atoms with Crippen LogP contribution in [0.1, 0.15) is 43.9 Å². The van der Waals surface area contributed by atoms with Crippen molar-refractivity contribution in [3.05, 3.63) is 34.9 Å². The molecule has 1 heteroatoms. The first-order valence-corrected chi connectivity index (χ1v) is 6.82. The van der Waals surface area contributed by atoms with E-state index in [-0.39, 0.29) is 0 Å². The van der Waals surface area contributed by atoms with E-state index in [1.54, 1.807) is 0 Å².